The van der Waals surface area contributed by atoms with Crippen molar-refractivity contribution in [2.24, 2.45) is 0 Å². The molecule has 1 aromatic rings. The Kier molecular flexibility index (Phi) is 4.06. The first kappa shape index (κ1) is 12.6. The van der Waals surface area contributed by atoms with Gasteiger partial charge in [-0.05, 0) is 54.9 Å². The van der Waals surface area contributed by atoms with Gasteiger partial charge in [0.05, 0.1) is 5.60 Å². The Morgan fingerprint density at radius 2 is 2.31 bits per heavy atom. The minimum Gasteiger partial charge on any atom is -0.389 e. The average molecular weight is 304 g/mol. The molecule has 1 unspecified atom stereocenters. The number of rotatable bonds is 2. The number of hydrogen-bond donors (Lipinski definition) is 1. The fourth-order valence-corrected chi connectivity index (χ4v) is 3.85. The van der Waals surface area contributed by atoms with Crippen LogP contribution in [0.4, 0.5) is 0 Å². The summed E-state index contributed by atoms with van der Waals surface area (Å²) < 4.78 is 1.13. The highest BCUT2D eigenvalue weighted by atomic mass is 79.9. The van der Waals surface area contributed by atoms with Gasteiger partial charge in [0.25, 0.3) is 0 Å². The standard InChI is InChI=1S/C12H18BrNOS/c1-14-5-2-3-12(15,4-6-14)8-11-7-10(13)9-16-11/h7,9,15H,2-6,8H2,1H3. The summed E-state index contributed by atoms with van der Waals surface area (Å²) in [6, 6.07) is 2.12. The molecule has 0 aliphatic carbocycles. The number of halogens is 1. The monoisotopic (exact) mass is 303 g/mol. The van der Waals surface area contributed by atoms with E-state index in [4.69, 9.17) is 0 Å². The SMILES string of the molecule is CN1CCCC(O)(Cc2cc(Br)cs2)CC1. The Balaban J connectivity index is 2.01. The Morgan fingerprint density at radius 3 is 3.00 bits per heavy atom. The van der Waals surface area contributed by atoms with E-state index < -0.39 is 5.60 Å². The molecule has 0 amide bonds. The van der Waals surface area contributed by atoms with Crippen LogP contribution >= 0.6 is 27.3 Å². The van der Waals surface area contributed by atoms with Crippen LogP contribution in [-0.2, 0) is 6.42 Å². The second kappa shape index (κ2) is 5.17. The van der Waals surface area contributed by atoms with Gasteiger partial charge in [-0.3, -0.25) is 0 Å². The largest absolute Gasteiger partial charge is 0.389 e. The quantitative estimate of drug-likeness (QED) is 0.908. The summed E-state index contributed by atoms with van der Waals surface area (Å²) >= 11 is 5.19. The molecule has 0 bridgehead atoms. The highest BCUT2D eigenvalue weighted by molar-refractivity contribution is 9.10. The lowest BCUT2D eigenvalue weighted by Gasteiger charge is -2.26. The van der Waals surface area contributed by atoms with Crippen LogP contribution in [0.25, 0.3) is 0 Å². The summed E-state index contributed by atoms with van der Waals surface area (Å²) in [5.41, 5.74) is -0.491. The molecule has 2 nitrogen and oxygen atoms in total. The molecule has 1 aliphatic rings. The topological polar surface area (TPSA) is 23.5 Å². The highest BCUT2D eigenvalue weighted by Gasteiger charge is 2.29. The van der Waals surface area contributed by atoms with Crippen LogP contribution in [-0.4, -0.2) is 35.7 Å². The van der Waals surface area contributed by atoms with Crippen molar-refractivity contribution in [1.82, 2.24) is 4.90 Å². The van der Waals surface area contributed by atoms with Gasteiger partial charge in [0.1, 0.15) is 0 Å². The Hall–Kier alpha value is 0.1000. The predicted octanol–water partition coefficient (Wildman–Crippen LogP) is 2.90. The molecule has 4 heteroatoms. The first-order chi connectivity index (χ1) is 7.57. The van der Waals surface area contributed by atoms with Crippen molar-refractivity contribution < 1.29 is 5.11 Å². The summed E-state index contributed by atoms with van der Waals surface area (Å²) in [4.78, 5) is 3.58. The van der Waals surface area contributed by atoms with Crippen LogP contribution in [0.2, 0.25) is 0 Å². The maximum atomic E-state index is 10.6. The van der Waals surface area contributed by atoms with Gasteiger partial charge in [-0.25, -0.2) is 0 Å². The lowest BCUT2D eigenvalue weighted by Crippen LogP contribution is -2.32. The van der Waals surface area contributed by atoms with E-state index in [0.717, 1.165) is 43.2 Å². The van der Waals surface area contributed by atoms with E-state index in [1.165, 1.54) is 4.88 Å². The summed E-state index contributed by atoms with van der Waals surface area (Å²) in [6.07, 6.45) is 3.71. The van der Waals surface area contributed by atoms with E-state index in [2.05, 4.69) is 39.3 Å². The molecule has 0 spiro atoms. The van der Waals surface area contributed by atoms with Gasteiger partial charge in [-0.1, -0.05) is 0 Å². The summed E-state index contributed by atoms with van der Waals surface area (Å²) in [6.45, 7) is 2.11. The van der Waals surface area contributed by atoms with Crippen molar-refractivity contribution in [3.63, 3.8) is 0 Å². The summed E-state index contributed by atoms with van der Waals surface area (Å²) in [7, 11) is 2.13. The fourth-order valence-electron chi connectivity index (χ4n) is 2.26. The predicted molar refractivity (Wildman–Crippen MR) is 72.0 cm³/mol. The molecule has 0 saturated carbocycles. The molecular weight excluding hydrogens is 286 g/mol. The normalized spacial score (nSPS) is 27.9. The Morgan fingerprint density at radius 1 is 1.50 bits per heavy atom. The number of thiophene rings is 1. The van der Waals surface area contributed by atoms with Crippen LogP contribution in [0, 0.1) is 0 Å². The molecule has 16 heavy (non-hydrogen) atoms. The van der Waals surface area contributed by atoms with Crippen molar-refractivity contribution in [2.45, 2.75) is 31.3 Å². The van der Waals surface area contributed by atoms with Gasteiger partial charge in [-0.15, -0.1) is 11.3 Å². The zero-order valence-corrected chi connectivity index (χ0v) is 12.0. The van der Waals surface area contributed by atoms with Crippen LogP contribution in [0.15, 0.2) is 15.9 Å². The minimum atomic E-state index is -0.491. The molecule has 90 valence electrons. The Bertz CT molecular complexity index is 355. The first-order valence-electron chi connectivity index (χ1n) is 5.71. The molecule has 1 saturated heterocycles. The van der Waals surface area contributed by atoms with Crippen molar-refractivity contribution in [3.8, 4) is 0 Å². The number of likely N-dealkylation sites (tertiary alicyclic amines) is 1. The van der Waals surface area contributed by atoms with Gasteiger partial charge in [0, 0.05) is 27.7 Å². The van der Waals surface area contributed by atoms with Crippen LogP contribution in [0.1, 0.15) is 24.1 Å². The number of hydrogen-bond acceptors (Lipinski definition) is 3. The fraction of sp³-hybridized carbons (Fsp3) is 0.667. The smallest absolute Gasteiger partial charge is 0.0708 e. The number of aliphatic hydroxyl groups is 1. The van der Waals surface area contributed by atoms with E-state index in [1.807, 2.05) is 0 Å². The first-order valence-corrected chi connectivity index (χ1v) is 7.38. The summed E-state index contributed by atoms with van der Waals surface area (Å²) in [5.74, 6) is 0. The maximum Gasteiger partial charge on any atom is 0.0708 e. The van der Waals surface area contributed by atoms with E-state index in [-0.39, 0.29) is 0 Å². The van der Waals surface area contributed by atoms with Gasteiger partial charge < -0.3 is 10.0 Å². The number of nitrogens with zero attached hydrogens (tertiary/aromatic N) is 1. The van der Waals surface area contributed by atoms with E-state index in [1.54, 1.807) is 11.3 Å². The van der Waals surface area contributed by atoms with Crippen LogP contribution < -0.4 is 0 Å². The van der Waals surface area contributed by atoms with Crippen LogP contribution in [0.5, 0.6) is 0 Å². The summed E-state index contributed by atoms with van der Waals surface area (Å²) in [5, 5.41) is 12.7. The van der Waals surface area contributed by atoms with Crippen molar-refractivity contribution in [2.75, 3.05) is 20.1 Å². The molecule has 0 radical (unpaired) electrons. The molecule has 1 aliphatic heterocycles. The van der Waals surface area contributed by atoms with E-state index in [9.17, 15) is 5.11 Å². The molecule has 1 atom stereocenters. The highest BCUT2D eigenvalue weighted by Crippen LogP contribution is 2.29. The molecule has 1 aromatic heterocycles. The van der Waals surface area contributed by atoms with Crippen molar-refractivity contribution in [3.05, 3.63) is 20.8 Å². The Labute approximate surface area is 109 Å². The van der Waals surface area contributed by atoms with E-state index >= 15 is 0 Å². The van der Waals surface area contributed by atoms with Gasteiger partial charge in [-0.2, -0.15) is 0 Å². The third-order valence-corrected chi connectivity index (χ3v) is 4.96. The lowest BCUT2D eigenvalue weighted by atomic mass is 9.90. The van der Waals surface area contributed by atoms with Crippen molar-refractivity contribution >= 4 is 27.3 Å². The third kappa shape index (κ3) is 3.29. The van der Waals surface area contributed by atoms with Gasteiger partial charge in [0.15, 0.2) is 0 Å². The third-order valence-electron chi connectivity index (χ3n) is 3.27. The van der Waals surface area contributed by atoms with Gasteiger partial charge in [0.2, 0.25) is 0 Å². The maximum absolute atomic E-state index is 10.6. The van der Waals surface area contributed by atoms with Crippen LogP contribution in [0.3, 0.4) is 0 Å². The second-order valence-electron chi connectivity index (χ2n) is 4.79. The van der Waals surface area contributed by atoms with E-state index in [0.29, 0.717) is 0 Å². The molecular formula is C12H18BrNOS. The zero-order valence-electron chi connectivity index (χ0n) is 9.58. The molecule has 1 N–H and O–H groups in total. The molecule has 2 heterocycles. The average Bonchev–Trinajstić information content (AvgIpc) is 2.53. The second-order valence-corrected chi connectivity index (χ2v) is 6.70. The molecule has 0 aromatic carbocycles. The zero-order chi connectivity index (χ0) is 11.6. The van der Waals surface area contributed by atoms with Gasteiger partial charge >= 0.3 is 0 Å². The lowest BCUT2D eigenvalue weighted by molar-refractivity contribution is 0.0270. The van der Waals surface area contributed by atoms with Crippen molar-refractivity contribution in [1.29, 1.82) is 0 Å². The minimum absolute atomic E-state index is 0.491. The molecule has 1 fully saturated rings. The molecule has 2 rings (SSSR count).